The molecule has 1 aliphatic carbocycles. The van der Waals surface area contributed by atoms with Crippen LogP contribution in [0.15, 0.2) is 70.2 Å². The topological polar surface area (TPSA) is 59.6 Å². The number of carbonyl (C=O) groups is 1. The smallest absolute Gasteiger partial charge is 0.174 e. The highest BCUT2D eigenvalue weighted by molar-refractivity contribution is 9.10. The molecule has 2 aliphatic rings. The van der Waals surface area contributed by atoms with Crippen LogP contribution in [-0.4, -0.2) is 19.5 Å². The van der Waals surface area contributed by atoms with Gasteiger partial charge in [0.1, 0.15) is 5.78 Å². The molecule has 0 saturated carbocycles. The number of Topliss-reactive ketones (excluding diaryl/α,β-unsaturated/α-hetero) is 1. The predicted molar refractivity (Wildman–Crippen MR) is 137 cm³/mol. The summed E-state index contributed by atoms with van der Waals surface area (Å²) in [5.41, 5.74) is 3.83. The fourth-order valence-corrected chi connectivity index (χ4v) is 6.11. The molecule has 7 heteroatoms. The van der Waals surface area contributed by atoms with Gasteiger partial charge in [-0.3, -0.25) is 4.79 Å². The van der Waals surface area contributed by atoms with Gasteiger partial charge in [0.2, 0.25) is 0 Å². The van der Waals surface area contributed by atoms with Crippen LogP contribution in [0.1, 0.15) is 35.7 Å². The summed E-state index contributed by atoms with van der Waals surface area (Å²) in [6, 6.07) is 16.0. The highest BCUT2D eigenvalue weighted by atomic mass is 79.9. The lowest BCUT2D eigenvalue weighted by molar-refractivity contribution is -0.122. The molecule has 0 fully saturated rings. The standard InChI is InChI=1S/C26H25BrN2O3S/c1-3-32-22-14-16(11-17(27)26(22)31-2)25-24-20(28-18-7-4-5-8-19(18)29-25)12-15(13-21(24)30)23-9-6-10-33-23/h4-12,14-15,24-25,28-29H,3,13H2,1-2H3. The van der Waals surface area contributed by atoms with Gasteiger partial charge in [-0.05, 0) is 64.1 Å². The third-order valence-corrected chi connectivity index (χ3v) is 7.73. The molecule has 3 atom stereocenters. The van der Waals surface area contributed by atoms with Gasteiger partial charge in [-0.1, -0.05) is 24.3 Å². The summed E-state index contributed by atoms with van der Waals surface area (Å²) in [6.45, 7) is 2.46. The van der Waals surface area contributed by atoms with E-state index in [1.807, 2.05) is 49.4 Å². The lowest BCUT2D eigenvalue weighted by atomic mass is 9.78. The van der Waals surface area contributed by atoms with Gasteiger partial charge in [-0.25, -0.2) is 0 Å². The third-order valence-electron chi connectivity index (χ3n) is 6.14. The van der Waals surface area contributed by atoms with Crippen LogP contribution in [0.2, 0.25) is 0 Å². The summed E-state index contributed by atoms with van der Waals surface area (Å²) in [5.74, 6) is 1.26. The molecular weight excluding hydrogens is 500 g/mol. The summed E-state index contributed by atoms with van der Waals surface area (Å²) < 4.78 is 12.2. The Morgan fingerprint density at radius 3 is 2.70 bits per heavy atom. The number of fused-ring (bicyclic) bond motifs is 2. The van der Waals surface area contributed by atoms with Gasteiger partial charge >= 0.3 is 0 Å². The van der Waals surface area contributed by atoms with Crippen LogP contribution in [0.5, 0.6) is 11.5 Å². The van der Waals surface area contributed by atoms with Crippen molar-refractivity contribution in [1.29, 1.82) is 0 Å². The quantitative estimate of drug-likeness (QED) is 0.386. The van der Waals surface area contributed by atoms with Crippen LogP contribution in [0.4, 0.5) is 11.4 Å². The second-order valence-corrected chi connectivity index (χ2v) is 9.99. The maximum Gasteiger partial charge on any atom is 0.174 e. The summed E-state index contributed by atoms with van der Waals surface area (Å²) in [6.07, 6.45) is 2.72. The van der Waals surface area contributed by atoms with Crippen LogP contribution in [-0.2, 0) is 4.79 Å². The number of rotatable bonds is 5. The predicted octanol–water partition coefficient (Wildman–Crippen LogP) is 6.75. The van der Waals surface area contributed by atoms with Crippen molar-refractivity contribution in [2.45, 2.75) is 25.3 Å². The average molecular weight is 525 g/mol. The zero-order valence-corrected chi connectivity index (χ0v) is 20.8. The Hall–Kier alpha value is -2.77. The van der Waals surface area contributed by atoms with Crippen molar-refractivity contribution < 1.29 is 14.3 Å². The van der Waals surface area contributed by atoms with E-state index < -0.39 is 0 Å². The van der Waals surface area contributed by atoms with E-state index >= 15 is 0 Å². The molecule has 1 aromatic heterocycles. The van der Waals surface area contributed by atoms with E-state index in [4.69, 9.17) is 9.47 Å². The van der Waals surface area contributed by atoms with E-state index in [0.29, 0.717) is 24.5 Å². The Balaban J connectivity index is 1.64. The van der Waals surface area contributed by atoms with E-state index in [0.717, 1.165) is 27.1 Å². The van der Waals surface area contributed by atoms with Gasteiger partial charge in [0.25, 0.3) is 0 Å². The molecule has 5 rings (SSSR count). The van der Waals surface area contributed by atoms with Crippen LogP contribution in [0, 0.1) is 5.92 Å². The maximum atomic E-state index is 13.7. The minimum Gasteiger partial charge on any atom is -0.492 e. The number of halogens is 1. The molecule has 3 aromatic rings. The average Bonchev–Trinajstić information content (AvgIpc) is 3.28. The number of benzene rings is 2. The van der Waals surface area contributed by atoms with Crippen LogP contribution in [0.3, 0.4) is 0 Å². The van der Waals surface area contributed by atoms with E-state index in [2.05, 4.69) is 44.1 Å². The zero-order chi connectivity index (χ0) is 22.9. The molecule has 3 unspecified atom stereocenters. The first-order chi connectivity index (χ1) is 16.1. The fourth-order valence-electron chi connectivity index (χ4n) is 4.69. The minimum atomic E-state index is -0.344. The van der Waals surface area contributed by atoms with Gasteiger partial charge in [0.05, 0.1) is 41.5 Å². The van der Waals surface area contributed by atoms with E-state index in [-0.39, 0.29) is 23.7 Å². The number of methoxy groups -OCH3 is 1. The Labute approximate surface area is 205 Å². The van der Waals surface area contributed by atoms with Crippen molar-refractivity contribution in [3.8, 4) is 11.5 Å². The van der Waals surface area contributed by atoms with Crippen molar-refractivity contribution in [3.63, 3.8) is 0 Å². The van der Waals surface area contributed by atoms with Crippen molar-refractivity contribution in [1.82, 2.24) is 0 Å². The molecule has 0 saturated heterocycles. The molecule has 1 aliphatic heterocycles. The van der Waals surface area contributed by atoms with Gasteiger partial charge in [-0.2, -0.15) is 0 Å². The molecule has 2 heterocycles. The number of thiophene rings is 1. The first-order valence-electron chi connectivity index (χ1n) is 11.0. The summed E-state index contributed by atoms with van der Waals surface area (Å²) >= 11 is 5.33. The monoisotopic (exact) mass is 524 g/mol. The van der Waals surface area contributed by atoms with Crippen molar-refractivity contribution in [2.75, 3.05) is 24.4 Å². The number of allylic oxidation sites excluding steroid dienone is 1. The summed E-state index contributed by atoms with van der Waals surface area (Å²) in [7, 11) is 1.63. The van der Waals surface area contributed by atoms with Crippen molar-refractivity contribution in [3.05, 3.63) is 80.6 Å². The lowest BCUT2D eigenvalue weighted by Crippen LogP contribution is -2.33. The molecule has 0 bridgehead atoms. The normalized spacial score (nSPS) is 21.6. The molecule has 2 N–H and O–H groups in total. The summed E-state index contributed by atoms with van der Waals surface area (Å²) in [5, 5.41) is 9.29. The van der Waals surface area contributed by atoms with Crippen LogP contribution >= 0.6 is 27.3 Å². The molecule has 0 radical (unpaired) electrons. The number of hydrogen-bond acceptors (Lipinski definition) is 6. The first kappa shape index (κ1) is 22.0. The molecule has 2 aromatic carbocycles. The molecule has 0 amide bonds. The second-order valence-electron chi connectivity index (χ2n) is 8.15. The minimum absolute atomic E-state index is 0.0868. The largest absolute Gasteiger partial charge is 0.492 e. The van der Waals surface area contributed by atoms with Crippen LogP contribution in [0.25, 0.3) is 0 Å². The molecular formula is C26H25BrN2O3S. The van der Waals surface area contributed by atoms with E-state index in [1.165, 1.54) is 4.88 Å². The second kappa shape index (κ2) is 9.23. The van der Waals surface area contributed by atoms with E-state index in [1.54, 1.807) is 18.4 Å². The fraction of sp³-hybridized carbons (Fsp3) is 0.269. The Morgan fingerprint density at radius 2 is 1.97 bits per heavy atom. The SMILES string of the molecule is CCOc1cc(C2Nc3ccccc3NC3=CC(c4cccs4)CC(=O)C32)cc(Br)c1OC. The number of hydrogen-bond donors (Lipinski definition) is 2. The number of carbonyl (C=O) groups excluding carboxylic acids is 1. The zero-order valence-electron chi connectivity index (χ0n) is 18.4. The highest BCUT2D eigenvalue weighted by Gasteiger charge is 2.40. The number of nitrogens with one attached hydrogen (secondary N) is 2. The van der Waals surface area contributed by atoms with Gasteiger partial charge in [0, 0.05) is 22.9 Å². The molecule has 170 valence electrons. The summed E-state index contributed by atoms with van der Waals surface area (Å²) in [4.78, 5) is 14.9. The third kappa shape index (κ3) is 4.15. The number of ether oxygens (including phenoxy) is 2. The number of anilines is 2. The maximum absolute atomic E-state index is 13.7. The Kier molecular flexibility index (Phi) is 6.17. The molecule has 0 spiro atoms. The highest BCUT2D eigenvalue weighted by Crippen LogP contribution is 2.47. The van der Waals surface area contributed by atoms with Crippen molar-refractivity contribution in [2.24, 2.45) is 5.92 Å². The Bertz CT molecular complexity index is 1210. The molecule has 5 nitrogen and oxygen atoms in total. The van der Waals surface area contributed by atoms with Crippen molar-refractivity contribution >= 4 is 44.4 Å². The number of ketones is 1. The lowest BCUT2D eigenvalue weighted by Gasteiger charge is -2.32. The van der Waals surface area contributed by atoms with E-state index in [9.17, 15) is 4.79 Å². The first-order valence-corrected chi connectivity index (χ1v) is 12.7. The van der Waals surface area contributed by atoms with Crippen LogP contribution < -0.4 is 20.1 Å². The van der Waals surface area contributed by atoms with Gasteiger partial charge < -0.3 is 20.1 Å². The number of para-hydroxylation sites is 2. The van der Waals surface area contributed by atoms with Gasteiger partial charge in [-0.15, -0.1) is 11.3 Å². The molecule has 33 heavy (non-hydrogen) atoms. The van der Waals surface area contributed by atoms with Gasteiger partial charge in [0.15, 0.2) is 11.5 Å². The Morgan fingerprint density at radius 1 is 1.15 bits per heavy atom.